The fourth-order valence-electron chi connectivity index (χ4n) is 4.46. The molecule has 0 aromatic carbocycles. The van der Waals surface area contributed by atoms with Crippen LogP contribution in [0.2, 0.25) is 0 Å². The summed E-state index contributed by atoms with van der Waals surface area (Å²) in [7, 11) is -1.89. The van der Waals surface area contributed by atoms with Crippen LogP contribution in [0.3, 0.4) is 0 Å². The summed E-state index contributed by atoms with van der Waals surface area (Å²) in [5, 5.41) is 0. The Morgan fingerprint density at radius 1 is 0.514 bits per heavy atom. The van der Waals surface area contributed by atoms with E-state index in [0.717, 1.165) is 6.42 Å². The van der Waals surface area contributed by atoms with Crippen molar-refractivity contribution in [1.82, 2.24) is 0 Å². The van der Waals surface area contributed by atoms with Crippen molar-refractivity contribution >= 4 is 10.4 Å². The van der Waals surface area contributed by atoms with Crippen LogP contribution >= 0.6 is 0 Å². The van der Waals surface area contributed by atoms with E-state index in [9.17, 15) is 13.0 Å². The van der Waals surface area contributed by atoms with Crippen LogP contribution in [0.5, 0.6) is 0 Å². The van der Waals surface area contributed by atoms with Gasteiger partial charge < -0.3 is 9.04 Å². The first kappa shape index (κ1) is 37.0. The van der Waals surface area contributed by atoms with Crippen LogP contribution in [-0.2, 0) is 14.6 Å². The van der Waals surface area contributed by atoms with Gasteiger partial charge in [0.25, 0.3) is 0 Å². The van der Waals surface area contributed by atoms with E-state index in [-0.39, 0.29) is 6.61 Å². The summed E-state index contributed by atoms with van der Waals surface area (Å²) in [5.74, 6) is 0. The Kier molecular flexibility index (Phi) is 28.4. The second kappa shape index (κ2) is 26.9. The number of hydrogen-bond acceptors (Lipinski definition) is 4. The maximum atomic E-state index is 9.73. The molecule has 0 atom stereocenters. The third kappa shape index (κ3) is 31.8. The van der Waals surface area contributed by atoms with Crippen molar-refractivity contribution in [3.05, 3.63) is 0 Å². The smallest absolute Gasteiger partial charge is 0.217 e. The van der Waals surface area contributed by atoms with Crippen molar-refractivity contribution in [2.75, 3.05) is 33.3 Å². The summed E-state index contributed by atoms with van der Waals surface area (Å²) in [6.45, 7) is 13.1. The third-order valence-corrected chi connectivity index (χ3v) is 7.34. The zero-order valence-electron chi connectivity index (χ0n) is 24.5. The summed E-state index contributed by atoms with van der Waals surface area (Å²) in [5.41, 5.74) is 0. The van der Waals surface area contributed by atoms with Crippen LogP contribution in [0.4, 0.5) is 0 Å². The third-order valence-electron chi connectivity index (χ3n) is 6.88. The molecule has 0 N–H and O–H groups in total. The second-order valence-electron chi connectivity index (χ2n) is 10.7. The molecule has 0 aromatic rings. The molecule has 0 aromatic heterocycles. The predicted octanol–water partition coefficient (Wildman–Crippen LogP) is 8.78. The first-order chi connectivity index (χ1) is 16.7. The van der Waals surface area contributed by atoms with Gasteiger partial charge in [-0.3, -0.25) is 4.18 Å². The minimum Gasteiger partial charge on any atom is -0.726 e. The molecular formula is C29H63NO4S. The normalized spacial score (nSPS) is 11.9. The van der Waals surface area contributed by atoms with Gasteiger partial charge in [0.1, 0.15) is 0 Å². The molecule has 0 spiro atoms. The van der Waals surface area contributed by atoms with E-state index in [0.29, 0.717) is 6.42 Å². The zero-order chi connectivity index (χ0) is 26.7. The molecule has 0 fully saturated rings. The fraction of sp³-hybridized carbons (Fsp3) is 1.00. The first-order valence-electron chi connectivity index (χ1n) is 15.2. The Labute approximate surface area is 221 Å². The Morgan fingerprint density at radius 3 is 1.09 bits per heavy atom. The topological polar surface area (TPSA) is 66.4 Å². The largest absolute Gasteiger partial charge is 0.726 e. The predicted molar refractivity (Wildman–Crippen MR) is 151 cm³/mol. The molecule has 6 heteroatoms. The molecular weight excluding hydrogens is 458 g/mol. The molecule has 0 heterocycles. The van der Waals surface area contributed by atoms with E-state index in [2.05, 4.69) is 32.0 Å². The molecule has 35 heavy (non-hydrogen) atoms. The maximum absolute atomic E-state index is 9.73. The van der Waals surface area contributed by atoms with E-state index < -0.39 is 10.4 Å². The highest BCUT2D eigenvalue weighted by molar-refractivity contribution is 7.80. The highest BCUT2D eigenvalue weighted by Crippen LogP contribution is 2.16. The number of rotatable bonds is 25. The van der Waals surface area contributed by atoms with Gasteiger partial charge in [-0.05, 0) is 44.9 Å². The fourth-order valence-corrected chi connectivity index (χ4v) is 4.78. The number of nitrogens with zero attached hydrogens (tertiary/aromatic N) is 1. The van der Waals surface area contributed by atoms with Crippen LogP contribution < -0.4 is 0 Å². The van der Waals surface area contributed by atoms with Crippen LogP contribution in [0.15, 0.2) is 0 Å². The molecule has 0 amide bonds. The van der Waals surface area contributed by atoms with Crippen molar-refractivity contribution in [2.24, 2.45) is 0 Å². The summed E-state index contributed by atoms with van der Waals surface area (Å²) >= 11 is 0. The highest BCUT2D eigenvalue weighted by Gasteiger charge is 2.20. The van der Waals surface area contributed by atoms with Crippen LogP contribution in [-0.4, -0.2) is 50.7 Å². The number of hydrogen-bond donors (Lipinski definition) is 0. The van der Waals surface area contributed by atoms with E-state index in [1.807, 2.05) is 6.92 Å². The van der Waals surface area contributed by atoms with Gasteiger partial charge in [-0.15, -0.1) is 0 Å². The van der Waals surface area contributed by atoms with E-state index in [1.54, 1.807) is 0 Å². The van der Waals surface area contributed by atoms with Gasteiger partial charge in [0.2, 0.25) is 10.4 Å². The molecule has 0 rings (SSSR count). The van der Waals surface area contributed by atoms with E-state index >= 15 is 0 Å². The van der Waals surface area contributed by atoms with Gasteiger partial charge in [-0.25, -0.2) is 8.42 Å². The minimum atomic E-state index is -4.45. The van der Waals surface area contributed by atoms with Crippen molar-refractivity contribution in [2.45, 2.75) is 156 Å². The highest BCUT2D eigenvalue weighted by atomic mass is 32.3. The summed E-state index contributed by atoms with van der Waals surface area (Å²) < 4.78 is 34.4. The SMILES string of the molecule is CCCCCCCC[N+](C)(CCCCCCCC)CCCCCCCC.CCCCOS(=O)(=O)[O-]. The van der Waals surface area contributed by atoms with Crippen molar-refractivity contribution in [3.63, 3.8) is 0 Å². The summed E-state index contributed by atoms with van der Waals surface area (Å²) in [6.07, 6.45) is 27.3. The molecule has 5 nitrogen and oxygen atoms in total. The van der Waals surface area contributed by atoms with Crippen LogP contribution in [0.25, 0.3) is 0 Å². The first-order valence-corrected chi connectivity index (χ1v) is 16.5. The molecule has 0 saturated carbocycles. The minimum absolute atomic E-state index is 0.00231. The van der Waals surface area contributed by atoms with Crippen molar-refractivity contribution < 1.29 is 21.6 Å². The second-order valence-corrected chi connectivity index (χ2v) is 11.7. The Bertz CT molecular complexity index is 470. The standard InChI is InChI=1S/C25H54N.C4H10O4S/c1-5-8-11-14-17-20-23-26(4,24-21-18-15-12-9-6-2)25-22-19-16-13-10-7-3;1-2-3-4-8-9(5,6)7/h5-25H2,1-4H3;2-4H2,1H3,(H,5,6,7)/q+1;/p-1. The Balaban J connectivity index is 0. The quantitative estimate of drug-likeness (QED) is 0.0521. The maximum Gasteiger partial charge on any atom is 0.217 e. The number of quaternary nitrogens is 1. The molecule has 0 radical (unpaired) electrons. The lowest BCUT2D eigenvalue weighted by atomic mass is 10.1. The van der Waals surface area contributed by atoms with Crippen molar-refractivity contribution in [3.8, 4) is 0 Å². The average molecular weight is 522 g/mol. The zero-order valence-corrected chi connectivity index (χ0v) is 25.3. The molecule has 0 saturated heterocycles. The van der Waals surface area contributed by atoms with Gasteiger partial charge in [0, 0.05) is 0 Å². The molecule has 0 aliphatic rings. The van der Waals surface area contributed by atoms with Gasteiger partial charge in [0.15, 0.2) is 0 Å². The lowest BCUT2D eigenvalue weighted by Gasteiger charge is -2.35. The Morgan fingerprint density at radius 2 is 0.800 bits per heavy atom. The van der Waals surface area contributed by atoms with Gasteiger partial charge in [-0.1, -0.05) is 111 Å². The summed E-state index contributed by atoms with van der Waals surface area (Å²) in [4.78, 5) is 0. The molecule has 0 aliphatic carbocycles. The van der Waals surface area contributed by atoms with Gasteiger partial charge >= 0.3 is 0 Å². The number of unbranched alkanes of at least 4 members (excludes halogenated alkanes) is 16. The molecule has 0 bridgehead atoms. The molecule has 0 unspecified atom stereocenters. The molecule has 214 valence electrons. The summed E-state index contributed by atoms with van der Waals surface area (Å²) in [6, 6.07) is 0. The van der Waals surface area contributed by atoms with E-state index in [4.69, 9.17) is 0 Å². The van der Waals surface area contributed by atoms with Crippen LogP contribution in [0, 0.1) is 0 Å². The monoisotopic (exact) mass is 521 g/mol. The van der Waals surface area contributed by atoms with Crippen LogP contribution in [0.1, 0.15) is 156 Å². The lowest BCUT2D eigenvalue weighted by Crippen LogP contribution is -2.46. The molecule has 0 aliphatic heterocycles. The lowest BCUT2D eigenvalue weighted by molar-refractivity contribution is -0.910. The van der Waals surface area contributed by atoms with Crippen molar-refractivity contribution in [1.29, 1.82) is 0 Å². The average Bonchev–Trinajstić information content (AvgIpc) is 2.81. The van der Waals surface area contributed by atoms with Gasteiger partial charge in [0.05, 0.1) is 33.3 Å². The van der Waals surface area contributed by atoms with E-state index in [1.165, 1.54) is 140 Å². The van der Waals surface area contributed by atoms with Gasteiger partial charge in [-0.2, -0.15) is 0 Å². The Hall–Kier alpha value is -0.170.